The third kappa shape index (κ3) is 3.97. The van der Waals surface area contributed by atoms with Gasteiger partial charge in [0.15, 0.2) is 0 Å². The molecule has 1 heterocycles. The standard InChI is InChI=1S/C18H18N4O/c1-13-19-12-17(21-13)15-7-9-16(10-8-15)22-18(23)20-11-14-5-3-2-4-6-14/h2-10,12H,11H2,1H3,(H,19,21)(H2,20,22,23). The van der Waals surface area contributed by atoms with E-state index in [2.05, 4.69) is 20.6 Å². The van der Waals surface area contributed by atoms with Gasteiger partial charge >= 0.3 is 6.03 Å². The predicted molar refractivity (Wildman–Crippen MR) is 91.1 cm³/mol. The molecule has 0 radical (unpaired) electrons. The molecule has 2 aromatic carbocycles. The minimum atomic E-state index is -0.223. The predicted octanol–water partition coefficient (Wildman–Crippen LogP) is 3.71. The highest BCUT2D eigenvalue weighted by molar-refractivity contribution is 5.89. The largest absolute Gasteiger partial charge is 0.342 e. The van der Waals surface area contributed by atoms with Crippen LogP contribution in [0.2, 0.25) is 0 Å². The van der Waals surface area contributed by atoms with Crippen molar-refractivity contribution in [3.8, 4) is 11.3 Å². The second kappa shape index (κ2) is 6.79. The first-order valence-electron chi connectivity index (χ1n) is 7.41. The number of imidazole rings is 1. The van der Waals surface area contributed by atoms with E-state index >= 15 is 0 Å². The lowest BCUT2D eigenvalue weighted by Crippen LogP contribution is -2.28. The van der Waals surface area contributed by atoms with Crippen LogP contribution in [0.15, 0.2) is 60.8 Å². The molecule has 0 aliphatic heterocycles. The number of carbonyl (C=O) groups excluding carboxylic acids is 1. The van der Waals surface area contributed by atoms with Gasteiger partial charge in [0.1, 0.15) is 5.82 Å². The number of anilines is 1. The lowest BCUT2D eigenvalue weighted by Gasteiger charge is -2.08. The average molecular weight is 306 g/mol. The zero-order valence-corrected chi connectivity index (χ0v) is 12.8. The van der Waals surface area contributed by atoms with Gasteiger partial charge in [-0.3, -0.25) is 0 Å². The Bertz CT molecular complexity index is 778. The van der Waals surface area contributed by atoms with E-state index in [1.807, 2.05) is 61.5 Å². The fraction of sp³-hybridized carbons (Fsp3) is 0.111. The summed E-state index contributed by atoms with van der Waals surface area (Å²) in [5.41, 5.74) is 3.80. The first-order chi connectivity index (χ1) is 11.2. The number of hydrogen-bond acceptors (Lipinski definition) is 2. The van der Waals surface area contributed by atoms with E-state index in [0.29, 0.717) is 6.54 Å². The van der Waals surface area contributed by atoms with E-state index in [0.717, 1.165) is 28.3 Å². The van der Waals surface area contributed by atoms with Crippen molar-refractivity contribution in [1.29, 1.82) is 0 Å². The van der Waals surface area contributed by atoms with Crippen LogP contribution in [-0.4, -0.2) is 16.0 Å². The summed E-state index contributed by atoms with van der Waals surface area (Å²) in [5, 5.41) is 5.65. The van der Waals surface area contributed by atoms with Gasteiger partial charge in [0.05, 0.1) is 11.9 Å². The Morgan fingerprint density at radius 3 is 2.48 bits per heavy atom. The number of nitrogens with one attached hydrogen (secondary N) is 3. The van der Waals surface area contributed by atoms with Gasteiger partial charge < -0.3 is 15.6 Å². The molecule has 5 nitrogen and oxygen atoms in total. The van der Waals surface area contributed by atoms with Crippen molar-refractivity contribution >= 4 is 11.7 Å². The molecule has 0 fully saturated rings. The quantitative estimate of drug-likeness (QED) is 0.687. The molecule has 0 saturated carbocycles. The molecule has 3 rings (SSSR count). The van der Waals surface area contributed by atoms with Crippen LogP contribution in [0.3, 0.4) is 0 Å². The van der Waals surface area contributed by atoms with E-state index in [4.69, 9.17) is 0 Å². The molecule has 0 unspecified atom stereocenters. The van der Waals surface area contributed by atoms with Gasteiger partial charge in [-0.1, -0.05) is 42.5 Å². The van der Waals surface area contributed by atoms with E-state index < -0.39 is 0 Å². The van der Waals surface area contributed by atoms with Crippen LogP contribution in [0.1, 0.15) is 11.4 Å². The fourth-order valence-electron chi connectivity index (χ4n) is 2.25. The summed E-state index contributed by atoms with van der Waals surface area (Å²) in [6, 6.07) is 17.2. The lowest BCUT2D eigenvalue weighted by atomic mass is 10.1. The lowest BCUT2D eigenvalue weighted by molar-refractivity contribution is 0.251. The Hall–Kier alpha value is -3.08. The molecule has 3 aromatic rings. The minimum absolute atomic E-state index is 0.223. The summed E-state index contributed by atoms with van der Waals surface area (Å²) in [6.45, 7) is 2.41. The Labute approximate surface area is 134 Å². The number of aromatic nitrogens is 2. The molecule has 0 saturated heterocycles. The number of nitrogens with zero attached hydrogens (tertiary/aromatic N) is 1. The van der Waals surface area contributed by atoms with Crippen LogP contribution < -0.4 is 10.6 Å². The second-order valence-corrected chi connectivity index (χ2v) is 5.25. The smallest absolute Gasteiger partial charge is 0.319 e. The third-order valence-electron chi connectivity index (χ3n) is 3.45. The van der Waals surface area contributed by atoms with Crippen molar-refractivity contribution in [1.82, 2.24) is 15.3 Å². The molecule has 0 aliphatic rings. The molecule has 2 amide bonds. The van der Waals surface area contributed by atoms with Crippen LogP contribution in [0.5, 0.6) is 0 Å². The average Bonchev–Trinajstić information content (AvgIpc) is 3.01. The van der Waals surface area contributed by atoms with Crippen molar-refractivity contribution in [3.05, 3.63) is 72.2 Å². The number of benzene rings is 2. The number of aromatic amines is 1. The highest BCUT2D eigenvalue weighted by Crippen LogP contribution is 2.19. The van der Waals surface area contributed by atoms with Gasteiger partial charge in [-0.05, 0) is 30.2 Å². The number of rotatable bonds is 4. The number of amides is 2. The topological polar surface area (TPSA) is 69.8 Å². The Morgan fingerprint density at radius 1 is 1.09 bits per heavy atom. The molecule has 1 aromatic heterocycles. The van der Waals surface area contributed by atoms with Gasteiger partial charge in [0.25, 0.3) is 0 Å². The summed E-state index contributed by atoms with van der Waals surface area (Å²) in [6.07, 6.45) is 1.80. The molecule has 5 heteroatoms. The molecule has 0 bridgehead atoms. The van der Waals surface area contributed by atoms with Crippen LogP contribution in [0.25, 0.3) is 11.3 Å². The maximum atomic E-state index is 11.9. The molecule has 0 spiro atoms. The van der Waals surface area contributed by atoms with Gasteiger partial charge in [-0.25, -0.2) is 9.78 Å². The number of carbonyl (C=O) groups is 1. The third-order valence-corrected chi connectivity index (χ3v) is 3.45. The van der Waals surface area contributed by atoms with Crippen molar-refractivity contribution in [3.63, 3.8) is 0 Å². The fourth-order valence-corrected chi connectivity index (χ4v) is 2.25. The van der Waals surface area contributed by atoms with Crippen LogP contribution in [0, 0.1) is 6.92 Å². The van der Waals surface area contributed by atoms with Gasteiger partial charge in [0, 0.05) is 12.2 Å². The van der Waals surface area contributed by atoms with Crippen molar-refractivity contribution in [2.45, 2.75) is 13.5 Å². The molecule has 3 N–H and O–H groups in total. The molecule has 23 heavy (non-hydrogen) atoms. The summed E-state index contributed by atoms with van der Waals surface area (Å²) < 4.78 is 0. The summed E-state index contributed by atoms with van der Waals surface area (Å²) >= 11 is 0. The monoisotopic (exact) mass is 306 g/mol. The normalized spacial score (nSPS) is 10.3. The van der Waals surface area contributed by atoms with Crippen molar-refractivity contribution < 1.29 is 4.79 Å². The number of aryl methyl sites for hydroxylation is 1. The van der Waals surface area contributed by atoms with E-state index in [9.17, 15) is 4.79 Å². The van der Waals surface area contributed by atoms with Gasteiger partial charge in [-0.15, -0.1) is 0 Å². The molecule has 0 aliphatic carbocycles. The van der Waals surface area contributed by atoms with Crippen LogP contribution in [0.4, 0.5) is 10.5 Å². The first kappa shape index (κ1) is 14.8. The maximum Gasteiger partial charge on any atom is 0.319 e. The van der Waals surface area contributed by atoms with E-state index in [-0.39, 0.29) is 6.03 Å². The zero-order valence-electron chi connectivity index (χ0n) is 12.8. The minimum Gasteiger partial charge on any atom is -0.342 e. The van der Waals surface area contributed by atoms with Crippen LogP contribution in [-0.2, 0) is 6.54 Å². The first-order valence-corrected chi connectivity index (χ1v) is 7.41. The summed E-state index contributed by atoms with van der Waals surface area (Å²) in [4.78, 5) is 19.3. The molecule has 116 valence electrons. The number of hydrogen-bond donors (Lipinski definition) is 3. The Kier molecular flexibility index (Phi) is 4.38. The molecular formula is C18H18N4O. The number of H-pyrrole nitrogens is 1. The highest BCUT2D eigenvalue weighted by Gasteiger charge is 2.04. The van der Waals surface area contributed by atoms with E-state index in [1.165, 1.54) is 0 Å². The maximum absolute atomic E-state index is 11.9. The Balaban J connectivity index is 1.56. The highest BCUT2D eigenvalue weighted by atomic mass is 16.2. The molecular weight excluding hydrogens is 288 g/mol. The van der Waals surface area contributed by atoms with Crippen molar-refractivity contribution in [2.75, 3.05) is 5.32 Å². The van der Waals surface area contributed by atoms with Crippen molar-refractivity contribution in [2.24, 2.45) is 0 Å². The SMILES string of the molecule is Cc1ncc(-c2ccc(NC(=O)NCc3ccccc3)cc2)[nH]1. The van der Waals surface area contributed by atoms with Crippen LogP contribution >= 0.6 is 0 Å². The Morgan fingerprint density at radius 2 is 1.83 bits per heavy atom. The summed E-state index contributed by atoms with van der Waals surface area (Å²) in [7, 11) is 0. The molecule has 0 atom stereocenters. The van der Waals surface area contributed by atoms with Gasteiger partial charge in [0.2, 0.25) is 0 Å². The zero-order chi connectivity index (χ0) is 16.1. The van der Waals surface area contributed by atoms with E-state index in [1.54, 1.807) is 6.20 Å². The second-order valence-electron chi connectivity index (χ2n) is 5.25. The number of urea groups is 1. The summed E-state index contributed by atoms with van der Waals surface area (Å²) in [5.74, 6) is 0.877. The van der Waals surface area contributed by atoms with Gasteiger partial charge in [-0.2, -0.15) is 0 Å².